The Balaban J connectivity index is 4.54. The standard InChI is InChI=1S/C52H83AsNO9P/c1-7-8-9-10-11-12-13-14-15-16-19-23-26-29-32-35-38-41-44-52(56)63-50(49-62-64(58,59)61-47-46-54(4,5)6)48-60-51(55)43-40-37-34-31-28-25-22-20-17-18-21-24-27-30-33-36-39-42-45-53(2,3)57/h7-8,10-11,13-14,16-17,19-21,24-26,28-30,33,35,38-39,42,50H,9,12,15,18,22-23,27,31-32,34,36-37,40-41,43-49H2,1-6H3/p+1/b8-7-,11-10-,14-13-,19-16-,20-17-,24-21-,28-25-,29-26-,33-30-,38-35-,42-39-/t50-/m1/s1. The van der Waals surface area contributed by atoms with Gasteiger partial charge >= 0.3 is 121 Å². The molecule has 0 saturated carbocycles. The van der Waals surface area contributed by atoms with Crippen LogP contribution in [0.15, 0.2) is 134 Å². The van der Waals surface area contributed by atoms with Crippen molar-refractivity contribution in [3.05, 3.63) is 134 Å². The van der Waals surface area contributed by atoms with Crippen LogP contribution in [0.2, 0.25) is 16.6 Å². The summed E-state index contributed by atoms with van der Waals surface area (Å²) in [6, 6.07) is 0. The maximum Gasteiger partial charge on any atom is 0.472 e. The average Bonchev–Trinajstić information content (AvgIpc) is 3.22. The van der Waals surface area contributed by atoms with E-state index in [1.807, 2.05) is 57.7 Å². The smallest absolute Gasteiger partial charge is 0.329 e. The Morgan fingerprint density at radius 3 is 1.45 bits per heavy atom. The van der Waals surface area contributed by atoms with E-state index < -0.39 is 46.0 Å². The number of hydrogen-bond acceptors (Lipinski definition) is 8. The van der Waals surface area contributed by atoms with Gasteiger partial charge in [0.1, 0.15) is 19.8 Å². The van der Waals surface area contributed by atoms with Crippen molar-refractivity contribution in [3.8, 4) is 0 Å². The minimum atomic E-state index is -4.42. The Labute approximate surface area is 390 Å². The van der Waals surface area contributed by atoms with Gasteiger partial charge < -0.3 is 18.9 Å². The minimum Gasteiger partial charge on any atom is -0.329 e. The van der Waals surface area contributed by atoms with E-state index in [0.717, 1.165) is 82.3 Å². The number of carbonyl (C=O) groups excluding carboxylic acids is 2. The molecule has 0 heterocycles. The van der Waals surface area contributed by atoms with Gasteiger partial charge in [0.2, 0.25) is 0 Å². The van der Waals surface area contributed by atoms with E-state index in [-0.39, 0.29) is 26.1 Å². The van der Waals surface area contributed by atoms with Crippen molar-refractivity contribution < 1.29 is 45.8 Å². The van der Waals surface area contributed by atoms with Crippen molar-refractivity contribution in [3.63, 3.8) is 0 Å². The van der Waals surface area contributed by atoms with Gasteiger partial charge in [0.05, 0.1) is 27.7 Å². The molecule has 0 aromatic heterocycles. The molecule has 0 rings (SSSR count). The monoisotopic (exact) mass is 973 g/mol. The van der Waals surface area contributed by atoms with Crippen LogP contribution in [-0.4, -0.2) is 88.4 Å². The number of ether oxygens (including phenoxy) is 2. The molecule has 0 aliphatic heterocycles. The summed E-state index contributed by atoms with van der Waals surface area (Å²) in [5.41, 5.74) is 3.74. The topological polar surface area (TPSA) is 125 Å². The third-order valence-electron chi connectivity index (χ3n) is 8.83. The maximum absolute atomic E-state index is 12.7. The molecule has 0 aromatic rings. The molecular formula is C52H84AsNO9P+. The summed E-state index contributed by atoms with van der Waals surface area (Å²) >= 11 is -2.55. The van der Waals surface area contributed by atoms with Crippen molar-refractivity contribution in [2.45, 2.75) is 132 Å². The third kappa shape index (κ3) is 48.0. The first-order valence-electron chi connectivity index (χ1n) is 23.1. The van der Waals surface area contributed by atoms with E-state index in [4.69, 9.17) is 18.5 Å². The number of carbonyl (C=O) groups is 2. The maximum atomic E-state index is 12.7. The fraction of sp³-hybridized carbons (Fsp3) is 0.538. The number of hydrogen-bond donors (Lipinski definition) is 1. The fourth-order valence-corrected chi connectivity index (χ4v) is 7.34. The zero-order valence-corrected chi connectivity index (χ0v) is 43.0. The van der Waals surface area contributed by atoms with Crippen molar-refractivity contribution in [1.29, 1.82) is 0 Å². The van der Waals surface area contributed by atoms with E-state index in [1.165, 1.54) is 0 Å². The largest absolute Gasteiger partial charge is 0.472 e. The van der Waals surface area contributed by atoms with Crippen LogP contribution in [0.25, 0.3) is 0 Å². The van der Waals surface area contributed by atoms with E-state index in [2.05, 4.69) is 115 Å². The van der Waals surface area contributed by atoms with Gasteiger partial charge in [0.15, 0.2) is 6.10 Å². The summed E-state index contributed by atoms with van der Waals surface area (Å²) in [6.45, 7) is 1.75. The molecule has 1 unspecified atom stereocenters. The Bertz CT molecular complexity index is 1650. The molecule has 0 aliphatic carbocycles. The van der Waals surface area contributed by atoms with Gasteiger partial charge in [-0.15, -0.1) is 0 Å². The molecule has 0 amide bonds. The van der Waals surface area contributed by atoms with Crippen molar-refractivity contribution in [1.82, 2.24) is 0 Å². The average molecular weight is 973 g/mol. The van der Waals surface area contributed by atoms with E-state index in [1.54, 1.807) is 0 Å². The summed E-state index contributed by atoms with van der Waals surface area (Å²) < 4.78 is 45.9. The van der Waals surface area contributed by atoms with Crippen molar-refractivity contribution in [2.75, 3.05) is 47.5 Å². The number of esters is 2. The minimum absolute atomic E-state index is 0.00148. The van der Waals surface area contributed by atoms with Crippen LogP contribution in [0.1, 0.15) is 110 Å². The summed E-state index contributed by atoms with van der Waals surface area (Å²) in [5.74, 6) is -0.965. The van der Waals surface area contributed by atoms with Gasteiger partial charge in [-0.3, -0.25) is 18.6 Å². The SMILES string of the molecule is C/C=C\C/C=C\C/C=C\C/C=C\C/C=C\C/C=C\CCC(=O)O[C@H](COC(=O)CCCCC/C=C\C/C=C\C/C=C\C/C=C\C/C=C\C[As](C)(C)=O)COP(=O)(O)OCC[N+](C)(C)C. The molecule has 0 fully saturated rings. The number of nitrogens with zero attached hydrogens (tertiary/aromatic N) is 1. The quantitative estimate of drug-likeness (QED) is 0.0160. The van der Waals surface area contributed by atoms with Gasteiger partial charge in [0, 0.05) is 12.8 Å². The fourth-order valence-electron chi connectivity index (χ4n) is 5.22. The number of likely N-dealkylation sites (N-methyl/N-ethyl adjacent to an activating group) is 1. The molecule has 0 aromatic carbocycles. The summed E-state index contributed by atoms with van der Waals surface area (Å²) in [6.07, 6.45) is 57.6. The first-order chi connectivity index (χ1) is 30.6. The molecule has 1 N–H and O–H groups in total. The Morgan fingerprint density at radius 1 is 0.562 bits per heavy atom. The molecule has 360 valence electrons. The second-order valence-corrected chi connectivity index (χ2v) is 25.5. The van der Waals surface area contributed by atoms with Crippen LogP contribution < -0.4 is 0 Å². The molecule has 0 saturated heterocycles. The number of phosphoric acid groups is 1. The Hall–Kier alpha value is -3.49. The van der Waals surface area contributed by atoms with Crippen LogP contribution in [0.5, 0.6) is 0 Å². The van der Waals surface area contributed by atoms with Gasteiger partial charge in [-0.25, -0.2) is 4.57 Å². The van der Waals surface area contributed by atoms with Crippen LogP contribution in [0.4, 0.5) is 0 Å². The zero-order chi connectivity index (χ0) is 47.5. The number of rotatable bonds is 39. The van der Waals surface area contributed by atoms with Crippen LogP contribution in [0, 0.1) is 0 Å². The predicted molar refractivity (Wildman–Crippen MR) is 269 cm³/mol. The number of quaternary nitrogens is 1. The first kappa shape index (κ1) is 60.5. The van der Waals surface area contributed by atoms with Crippen LogP contribution >= 0.6 is 7.82 Å². The first-order valence-corrected chi connectivity index (χ1v) is 30.4. The number of unbranched alkanes of at least 4 members (excludes halogenated alkanes) is 3. The van der Waals surface area contributed by atoms with E-state index in [9.17, 15) is 22.8 Å². The van der Waals surface area contributed by atoms with Crippen LogP contribution in [-0.2, 0) is 36.4 Å². The van der Waals surface area contributed by atoms with Gasteiger partial charge in [0.25, 0.3) is 0 Å². The molecule has 0 spiro atoms. The molecular weight excluding hydrogens is 888 g/mol. The normalized spacial score (nSPS) is 14.9. The molecule has 0 bridgehead atoms. The van der Waals surface area contributed by atoms with Crippen molar-refractivity contribution >= 4 is 33.3 Å². The summed E-state index contributed by atoms with van der Waals surface area (Å²) in [7, 11) is 1.37. The summed E-state index contributed by atoms with van der Waals surface area (Å²) in [5, 5.41) is 0.721. The second kappa shape index (κ2) is 41.0. The summed E-state index contributed by atoms with van der Waals surface area (Å²) in [4.78, 5) is 35.4. The Kier molecular flexibility index (Phi) is 38.7. The predicted octanol–water partition coefficient (Wildman–Crippen LogP) is 13.3. The molecule has 0 radical (unpaired) electrons. The molecule has 10 nitrogen and oxygen atoms in total. The van der Waals surface area contributed by atoms with E-state index in [0.29, 0.717) is 23.9 Å². The second-order valence-electron chi connectivity index (χ2n) is 16.7. The van der Waals surface area contributed by atoms with Gasteiger partial charge in [-0.2, -0.15) is 0 Å². The molecule has 0 aliphatic rings. The number of phosphoric ester groups is 1. The zero-order valence-electron chi connectivity index (χ0n) is 40.2. The number of allylic oxidation sites excluding steroid dienone is 22. The van der Waals surface area contributed by atoms with Crippen molar-refractivity contribution in [2.24, 2.45) is 0 Å². The molecule has 12 heteroatoms. The third-order valence-corrected chi connectivity index (χ3v) is 12.1. The van der Waals surface area contributed by atoms with Crippen LogP contribution in [0.3, 0.4) is 0 Å². The van der Waals surface area contributed by atoms with E-state index >= 15 is 0 Å². The molecule has 2 atom stereocenters. The Morgan fingerprint density at radius 2 is 1.00 bits per heavy atom. The van der Waals surface area contributed by atoms with Gasteiger partial charge in [-0.05, 0) is 71.1 Å². The van der Waals surface area contributed by atoms with Gasteiger partial charge in [-0.1, -0.05) is 91.5 Å². The molecule has 64 heavy (non-hydrogen) atoms.